The molecule has 0 spiro atoms. The molecule has 1 heterocycles. The third kappa shape index (κ3) is 4.33. The fraction of sp³-hybridized carbons (Fsp3) is 0.0909. The molecule has 0 atom stereocenters. The van der Waals surface area contributed by atoms with Gasteiger partial charge in [0.25, 0.3) is 5.91 Å². The second-order valence-corrected chi connectivity index (χ2v) is 7.04. The van der Waals surface area contributed by atoms with Crippen molar-refractivity contribution in [3.8, 4) is 5.69 Å². The molecule has 0 aliphatic carbocycles. The molecule has 0 saturated carbocycles. The fourth-order valence-corrected chi connectivity index (χ4v) is 3.12. The second-order valence-electron chi connectivity index (χ2n) is 6.63. The largest absolute Gasteiger partial charge is 0.332 e. The first kappa shape index (κ1) is 19.7. The van der Waals surface area contributed by atoms with E-state index in [1.807, 2.05) is 18.2 Å². The summed E-state index contributed by atoms with van der Waals surface area (Å²) in [6, 6.07) is 18.7. The van der Waals surface area contributed by atoms with E-state index < -0.39 is 11.7 Å². The predicted octanol–water partition coefficient (Wildman–Crippen LogP) is 4.25. The molecule has 2 N–H and O–H groups in total. The highest BCUT2D eigenvalue weighted by molar-refractivity contribution is 7.80. The van der Waals surface area contributed by atoms with Crippen molar-refractivity contribution in [2.45, 2.75) is 13.3 Å². The summed E-state index contributed by atoms with van der Waals surface area (Å²) in [5.41, 5.74) is 4.53. The van der Waals surface area contributed by atoms with Crippen molar-refractivity contribution in [1.82, 2.24) is 20.3 Å². The number of nitrogens with zero attached hydrogens (tertiary/aromatic N) is 3. The summed E-state index contributed by atoms with van der Waals surface area (Å²) in [4.78, 5) is 13.8. The molecular weight excluding hydrogens is 401 g/mol. The van der Waals surface area contributed by atoms with Crippen molar-refractivity contribution in [1.29, 1.82) is 0 Å². The third-order valence-corrected chi connectivity index (χ3v) is 4.75. The van der Waals surface area contributed by atoms with Gasteiger partial charge in [0.05, 0.1) is 5.69 Å². The molecule has 0 radical (unpaired) electrons. The van der Waals surface area contributed by atoms with E-state index in [1.54, 1.807) is 16.9 Å². The number of hydrogen-bond acceptors (Lipinski definition) is 4. The van der Waals surface area contributed by atoms with Gasteiger partial charge in [-0.15, -0.1) is 10.2 Å². The molecule has 1 aromatic heterocycles. The minimum absolute atomic E-state index is 0.131. The Labute approximate surface area is 177 Å². The zero-order chi connectivity index (χ0) is 21.1. The van der Waals surface area contributed by atoms with Crippen molar-refractivity contribution in [3.63, 3.8) is 0 Å². The summed E-state index contributed by atoms with van der Waals surface area (Å²) in [6.45, 7) is 2.11. The van der Waals surface area contributed by atoms with Gasteiger partial charge in [-0.3, -0.25) is 10.1 Å². The van der Waals surface area contributed by atoms with Crippen LogP contribution in [0.2, 0.25) is 0 Å². The Kier molecular flexibility index (Phi) is 5.49. The monoisotopic (exact) mass is 419 g/mol. The molecule has 3 aromatic carbocycles. The van der Waals surface area contributed by atoms with Gasteiger partial charge in [-0.05, 0) is 78.8 Å². The number of carbonyl (C=O) groups is 1. The number of aryl methyl sites for hydroxylation is 1. The number of carbonyl (C=O) groups excluding carboxylic acids is 1. The summed E-state index contributed by atoms with van der Waals surface area (Å²) in [5, 5.41) is 14.7. The number of halogens is 1. The van der Waals surface area contributed by atoms with Crippen molar-refractivity contribution in [2.24, 2.45) is 0 Å². The summed E-state index contributed by atoms with van der Waals surface area (Å²) in [5.74, 6) is -0.829. The molecule has 0 aliphatic heterocycles. The summed E-state index contributed by atoms with van der Waals surface area (Å²) >= 11 is 5.21. The number of nitrogens with one attached hydrogen (secondary N) is 2. The van der Waals surface area contributed by atoms with Crippen LogP contribution >= 0.6 is 12.2 Å². The summed E-state index contributed by atoms with van der Waals surface area (Å²) in [6.07, 6.45) is 0.974. The maximum atomic E-state index is 13.0. The van der Waals surface area contributed by atoms with E-state index in [1.165, 1.54) is 29.8 Å². The lowest BCUT2D eigenvalue weighted by Crippen LogP contribution is -2.34. The molecule has 4 rings (SSSR count). The molecule has 0 saturated heterocycles. The zero-order valence-electron chi connectivity index (χ0n) is 16.1. The minimum atomic E-state index is -0.421. The molecule has 8 heteroatoms. The lowest BCUT2D eigenvalue weighted by atomic mass is 10.2. The first-order chi connectivity index (χ1) is 14.5. The quantitative estimate of drug-likeness (QED) is 0.484. The number of benzene rings is 3. The van der Waals surface area contributed by atoms with E-state index in [-0.39, 0.29) is 5.11 Å². The average molecular weight is 419 g/mol. The van der Waals surface area contributed by atoms with Crippen molar-refractivity contribution < 1.29 is 9.18 Å². The highest BCUT2D eigenvalue weighted by Crippen LogP contribution is 2.18. The molecule has 30 heavy (non-hydrogen) atoms. The normalized spacial score (nSPS) is 10.7. The van der Waals surface area contributed by atoms with Crippen LogP contribution in [0.15, 0.2) is 66.7 Å². The number of aromatic nitrogens is 3. The number of rotatable bonds is 4. The summed E-state index contributed by atoms with van der Waals surface area (Å²) in [7, 11) is 0. The SMILES string of the molecule is CCc1ccc(-n2nc3ccc(NC(=S)NC(=O)c4ccc(F)cc4)cc3n2)cc1. The molecule has 0 bridgehead atoms. The second kappa shape index (κ2) is 8.38. The number of anilines is 1. The molecule has 1 amide bonds. The number of hydrogen-bond donors (Lipinski definition) is 2. The van der Waals surface area contributed by atoms with Crippen LogP contribution in [0.1, 0.15) is 22.8 Å². The van der Waals surface area contributed by atoms with Crippen LogP contribution in [0.3, 0.4) is 0 Å². The average Bonchev–Trinajstić information content (AvgIpc) is 3.17. The third-order valence-electron chi connectivity index (χ3n) is 4.55. The molecule has 150 valence electrons. The minimum Gasteiger partial charge on any atom is -0.332 e. The van der Waals surface area contributed by atoms with Gasteiger partial charge in [-0.2, -0.15) is 4.80 Å². The smallest absolute Gasteiger partial charge is 0.257 e. The van der Waals surface area contributed by atoms with Crippen LogP contribution in [0.5, 0.6) is 0 Å². The standard InChI is InChI=1S/C22H18FN5OS/c1-2-14-3-10-18(11-4-14)28-26-19-12-9-17(13-20(19)27-28)24-22(30)25-21(29)15-5-7-16(23)8-6-15/h3-13H,2H2,1H3,(H2,24,25,29,30). The van der Waals surface area contributed by atoms with Gasteiger partial charge in [0.2, 0.25) is 0 Å². The topological polar surface area (TPSA) is 71.8 Å². The van der Waals surface area contributed by atoms with Gasteiger partial charge in [0.15, 0.2) is 5.11 Å². The Morgan fingerprint density at radius 1 is 1.00 bits per heavy atom. The molecular formula is C22H18FN5OS. The fourth-order valence-electron chi connectivity index (χ4n) is 2.91. The van der Waals surface area contributed by atoms with Gasteiger partial charge in [0, 0.05) is 11.3 Å². The molecule has 4 aromatic rings. The number of amides is 1. The van der Waals surface area contributed by atoms with E-state index >= 15 is 0 Å². The molecule has 0 aliphatic rings. The van der Waals surface area contributed by atoms with Crippen LogP contribution in [0.4, 0.5) is 10.1 Å². The van der Waals surface area contributed by atoms with Gasteiger partial charge in [-0.25, -0.2) is 4.39 Å². The van der Waals surface area contributed by atoms with Crippen molar-refractivity contribution in [3.05, 3.63) is 83.7 Å². The highest BCUT2D eigenvalue weighted by atomic mass is 32.1. The van der Waals surface area contributed by atoms with E-state index in [9.17, 15) is 9.18 Å². The van der Waals surface area contributed by atoms with E-state index in [4.69, 9.17) is 12.2 Å². The molecule has 0 unspecified atom stereocenters. The first-order valence-corrected chi connectivity index (χ1v) is 9.77. The lowest BCUT2D eigenvalue weighted by molar-refractivity contribution is 0.0977. The molecule has 0 fully saturated rings. The zero-order valence-corrected chi connectivity index (χ0v) is 16.9. The van der Waals surface area contributed by atoms with E-state index in [0.717, 1.165) is 17.6 Å². The highest BCUT2D eigenvalue weighted by Gasteiger charge is 2.10. The predicted molar refractivity (Wildman–Crippen MR) is 118 cm³/mol. The Morgan fingerprint density at radius 3 is 2.40 bits per heavy atom. The number of thiocarbonyl (C=S) groups is 1. The maximum Gasteiger partial charge on any atom is 0.257 e. The Bertz CT molecular complexity index is 1220. The number of fused-ring (bicyclic) bond motifs is 1. The van der Waals surface area contributed by atoms with Crippen LogP contribution in [0.25, 0.3) is 16.7 Å². The van der Waals surface area contributed by atoms with Crippen LogP contribution in [-0.2, 0) is 6.42 Å². The van der Waals surface area contributed by atoms with Crippen LogP contribution in [0, 0.1) is 5.82 Å². The Hall–Kier alpha value is -3.65. The van der Waals surface area contributed by atoms with Gasteiger partial charge in [0.1, 0.15) is 16.9 Å². The van der Waals surface area contributed by atoms with Gasteiger partial charge < -0.3 is 5.32 Å². The summed E-state index contributed by atoms with van der Waals surface area (Å²) < 4.78 is 13.0. The van der Waals surface area contributed by atoms with Crippen molar-refractivity contribution in [2.75, 3.05) is 5.32 Å². The molecule has 6 nitrogen and oxygen atoms in total. The van der Waals surface area contributed by atoms with Crippen LogP contribution in [-0.4, -0.2) is 26.0 Å². The van der Waals surface area contributed by atoms with Gasteiger partial charge >= 0.3 is 0 Å². The lowest BCUT2D eigenvalue weighted by Gasteiger charge is -2.09. The Balaban J connectivity index is 1.47. The maximum absolute atomic E-state index is 13.0. The van der Waals surface area contributed by atoms with Crippen molar-refractivity contribution >= 4 is 40.0 Å². The van der Waals surface area contributed by atoms with Crippen LogP contribution < -0.4 is 10.6 Å². The van der Waals surface area contributed by atoms with E-state index in [0.29, 0.717) is 16.8 Å². The first-order valence-electron chi connectivity index (χ1n) is 9.36. The van der Waals surface area contributed by atoms with E-state index in [2.05, 4.69) is 39.9 Å². The Morgan fingerprint density at radius 2 is 1.70 bits per heavy atom. The van der Waals surface area contributed by atoms with Gasteiger partial charge in [-0.1, -0.05) is 19.1 Å².